The third-order valence-electron chi connectivity index (χ3n) is 5.20. The number of rotatable bonds is 9. The Kier molecular flexibility index (Phi) is 7.66. The molecule has 186 valence electrons. The van der Waals surface area contributed by atoms with Crippen molar-refractivity contribution in [2.45, 2.75) is 11.8 Å². The normalized spacial score (nSPS) is 14.8. The zero-order valence-corrected chi connectivity index (χ0v) is 21.2. The van der Waals surface area contributed by atoms with Crippen molar-refractivity contribution >= 4 is 39.1 Å². The van der Waals surface area contributed by atoms with Crippen molar-refractivity contribution in [3.63, 3.8) is 0 Å². The number of amides is 2. The van der Waals surface area contributed by atoms with Crippen LogP contribution in [-0.4, -0.2) is 44.7 Å². The number of imide groups is 1. The van der Waals surface area contributed by atoms with E-state index in [0.29, 0.717) is 11.3 Å². The van der Waals surface area contributed by atoms with E-state index in [1.165, 1.54) is 31.4 Å². The van der Waals surface area contributed by atoms with Crippen molar-refractivity contribution in [3.8, 4) is 17.2 Å². The fraction of sp³-hybridized carbons (Fsp3) is 0.154. The summed E-state index contributed by atoms with van der Waals surface area (Å²) in [5.41, 5.74) is 1.46. The number of carbonyl (C=O) groups is 2. The van der Waals surface area contributed by atoms with E-state index in [1.54, 1.807) is 36.4 Å². The number of carbonyl (C=O) groups excluding carboxylic acids is 2. The maximum Gasteiger partial charge on any atom is 0.339 e. The summed E-state index contributed by atoms with van der Waals surface area (Å²) in [6.07, 6.45) is 1.55. The molecule has 36 heavy (non-hydrogen) atoms. The molecule has 0 N–H and O–H groups in total. The summed E-state index contributed by atoms with van der Waals surface area (Å²) in [6.45, 7) is 2.14. The van der Waals surface area contributed by atoms with Crippen LogP contribution in [0.1, 0.15) is 11.1 Å². The minimum atomic E-state index is -4.07. The average Bonchev–Trinajstić information content (AvgIpc) is 3.13. The molecule has 1 heterocycles. The van der Waals surface area contributed by atoms with Crippen molar-refractivity contribution in [2.75, 3.05) is 20.3 Å². The summed E-state index contributed by atoms with van der Waals surface area (Å²) in [6, 6.07) is 20.0. The number of ether oxygens (including phenoxy) is 2. The Labute approximate surface area is 213 Å². The molecule has 1 saturated heterocycles. The highest BCUT2D eigenvalue weighted by Gasteiger charge is 2.34. The fourth-order valence-corrected chi connectivity index (χ4v) is 5.13. The lowest BCUT2D eigenvalue weighted by Gasteiger charge is -2.13. The van der Waals surface area contributed by atoms with E-state index in [2.05, 4.69) is 0 Å². The van der Waals surface area contributed by atoms with Crippen LogP contribution < -0.4 is 13.7 Å². The molecule has 0 radical (unpaired) electrons. The lowest BCUT2D eigenvalue weighted by atomic mass is 10.2. The van der Waals surface area contributed by atoms with Crippen LogP contribution in [0, 0.1) is 6.92 Å². The number of nitrogens with zero attached hydrogens (tertiary/aromatic N) is 1. The highest BCUT2D eigenvalue weighted by Crippen LogP contribution is 2.35. The zero-order valence-electron chi connectivity index (χ0n) is 19.5. The summed E-state index contributed by atoms with van der Waals surface area (Å²) >= 11 is 0.824. The Morgan fingerprint density at radius 2 is 1.67 bits per heavy atom. The summed E-state index contributed by atoms with van der Waals surface area (Å²) in [5, 5.41) is -0.390. The molecule has 0 unspecified atom stereocenters. The largest absolute Gasteiger partial charge is 0.493 e. The molecule has 0 saturated carbocycles. The van der Waals surface area contributed by atoms with Gasteiger partial charge in [-0.2, -0.15) is 8.42 Å². The molecule has 0 spiro atoms. The van der Waals surface area contributed by atoms with Gasteiger partial charge in [-0.3, -0.25) is 14.5 Å². The van der Waals surface area contributed by atoms with Crippen LogP contribution in [0.15, 0.2) is 82.6 Å². The van der Waals surface area contributed by atoms with Crippen molar-refractivity contribution in [3.05, 3.63) is 88.8 Å². The van der Waals surface area contributed by atoms with E-state index in [9.17, 15) is 18.0 Å². The molecule has 8 nitrogen and oxygen atoms in total. The number of benzene rings is 3. The summed E-state index contributed by atoms with van der Waals surface area (Å²) in [7, 11) is -2.69. The molecule has 1 aliphatic rings. The average molecular weight is 526 g/mol. The van der Waals surface area contributed by atoms with E-state index in [0.717, 1.165) is 22.2 Å². The Morgan fingerprint density at radius 3 is 2.36 bits per heavy atom. The van der Waals surface area contributed by atoms with E-state index < -0.39 is 16.0 Å². The van der Waals surface area contributed by atoms with Gasteiger partial charge in [0, 0.05) is 0 Å². The number of hydrogen-bond donors (Lipinski definition) is 0. The lowest BCUT2D eigenvalue weighted by molar-refractivity contribution is -0.123. The van der Waals surface area contributed by atoms with Crippen LogP contribution in [-0.2, 0) is 14.9 Å². The molecule has 1 fully saturated rings. The smallest absolute Gasteiger partial charge is 0.339 e. The van der Waals surface area contributed by atoms with E-state index in [1.807, 2.05) is 25.1 Å². The molecule has 10 heteroatoms. The first kappa shape index (κ1) is 25.3. The summed E-state index contributed by atoms with van der Waals surface area (Å²) in [4.78, 5) is 26.5. The second-order valence-corrected chi connectivity index (χ2v) is 10.3. The van der Waals surface area contributed by atoms with Crippen molar-refractivity contribution in [2.24, 2.45) is 0 Å². The third-order valence-corrected chi connectivity index (χ3v) is 7.35. The van der Waals surface area contributed by atoms with Crippen LogP contribution in [0.5, 0.6) is 17.2 Å². The van der Waals surface area contributed by atoms with Gasteiger partial charge in [0.25, 0.3) is 11.1 Å². The Morgan fingerprint density at radius 1 is 0.944 bits per heavy atom. The molecule has 0 aromatic heterocycles. The van der Waals surface area contributed by atoms with Gasteiger partial charge in [0.15, 0.2) is 11.5 Å². The minimum absolute atomic E-state index is 0.00129. The van der Waals surface area contributed by atoms with E-state index >= 15 is 0 Å². The van der Waals surface area contributed by atoms with Crippen LogP contribution in [0.4, 0.5) is 4.79 Å². The predicted molar refractivity (Wildman–Crippen MR) is 137 cm³/mol. The third kappa shape index (κ3) is 5.89. The van der Waals surface area contributed by atoms with Gasteiger partial charge in [-0.05, 0) is 66.7 Å². The maximum absolute atomic E-state index is 12.8. The Hall–Kier alpha value is -3.76. The van der Waals surface area contributed by atoms with Crippen molar-refractivity contribution < 1.29 is 31.7 Å². The topological polar surface area (TPSA) is 99.2 Å². The number of hydrogen-bond acceptors (Lipinski definition) is 8. The lowest BCUT2D eigenvalue weighted by Crippen LogP contribution is -2.32. The van der Waals surface area contributed by atoms with Crippen molar-refractivity contribution in [1.29, 1.82) is 0 Å². The number of thioether (sulfide) groups is 1. The molecule has 3 aromatic carbocycles. The quantitative estimate of drug-likeness (QED) is 0.288. The molecule has 0 aliphatic carbocycles. The second-order valence-electron chi connectivity index (χ2n) is 7.76. The second kappa shape index (κ2) is 10.9. The van der Waals surface area contributed by atoms with Gasteiger partial charge in [-0.1, -0.05) is 42.0 Å². The molecule has 0 atom stereocenters. The van der Waals surface area contributed by atoms with Gasteiger partial charge in [-0.25, -0.2) is 0 Å². The number of methoxy groups -OCH3 is 1. The Balaban J connectivity index is 1.46. The Bertz CT molecular complexity index is 1400. The minimum Gasteiger partial charge on any atom is -0.493 e. The monoisotopic (exact) mass is 525 g/mol. The van der Waals surface area contributed by atoms with Gasteiger partial charge in [-0.15, -0.1) is 0 Å². The SMILES string of the molecule is COc1cc(/C=C2\SC(=O)N(CCOc3ccccc3)C2=O)ccc1OS(=O)(=O)c1ccc(C)cc1. The first-order valence-corrected chi connectivity index (χ1v) is 13.1. The first-order valence-electron chi connectivity index (χ1n) is 10.9. The van der Waals surface area contributed by atoms with Crippen molar-refractivity contribution in [1.82, 2.24) is 4.90 Å². The maximum atomic E-state index is 12.8. The molecule has 3 aromatic rings. The highest BCUT2D eigenvalue weighted by molar-refractivity contribution is 8.18. The van der Waals surface area contributed by atoms with Gasteiger partial charge < -0.3 is 13.7 Å². The van der Waals surface area contributed by atoms with Crippen LogP contribution in [0.2, 0.25) is 0 Å². The highest BCUT2D eigenvalue weighted by atomic mass is 32.2. The molecule has 1 aliphatic heterocycles. The van der Waals surface area contributed by atoms with Gasteiger partial charge in [0.05, 0.1) is 18.6 Å². The van der Waals surface area contributed by atoms with E-state index in [-0.39, 0.29) is 39.7 Å². The molecule has 2 amide bonds. The molecule has 4 rings (SSSR count). The van der Waals surface area contributed by atoms with Gasteiger partial charge in [0.1, 0.15) is 17.3 Å². The van der Waals surface area contributed by atoms with Crippen LogP contribution >= 0.6 is 11.8 Å². The summed E-state index contributed by atoms with van der Waals surface area (Å²) in [5.74, 6) is 0.387. The first-order chi connectivity index (χ1) is 17.3. The van der Waals surface area contributed by atoms with Crippen LogP contribution in [0.25, 0.3) is 6.08 Å². The number of aryl methyl sites for hydroxylation is 1. The summed E-state index contributed by atoms with van der Waals surface area (Å²) < 4.78 is 41.5. The standard InChI is InChI=1S/C26H23NO7S2/c1-18-8-11-21(12-9-18)36(30,31)34-22-13-10-19(16-23(22)32-2)17-24-25(28)27(26(29)35-24)14-15-33-20-6-4-3-5-7-20/h3-13,16-17H,14-15H2,1-2H3/b24-17-. The van der Waals surface area contributed by atoms with Gasteiger partial charge in [0.2, 0.25) is 0 Å². The molecular weight excluding hydrogens is 502 g/mol. The van der Waals surface area contributed by atoms with E-state index in [4.69, 9.17) is 13.7 Å². The molecule has 0 bridgehead atoms. The number of para-hydroxylation sites is 1. The van der Waals surface area contributed by atoms with Gasteiger partial charge >= 0.3 is 10.1 Å². The fourth-order valence-electron chi connectivity index (χ4n) is 3.33. The molecular formula is C26H23NO7S2. The predicted octanol–water partition coefficient (Wildman–Crippen LogP) is 4.89. The van der Waals surface area contributed by atoms with Crippen LogP contribution in [0.3, 0.4) is 0 Å². The zero-order chi connectivity index (χ0) is 25.7.